The van der Waals surface area contributed by atoms with E-state index in [0.717, 1.165) is 24.0 Å². The maximum absolute atomic E-state index is 13.0. The predicted molar refractivity (Wildman–Crippen MR) is 133 cm³/mol. The Kier molecular flexibility index (Phi) is 8.68. The van der Waals surface area contributed by atoms with Crippen LogP contribution in [0.25, 0.3) is 0 Å². The predicted octanol–water partition coefficient (Wildman–Crippen LogP) is 3.95. The van der Waals surface area contributed by atoms with Crippen LogP contribution in [0.3, 0.4) is 0 Å². The second-order valence-electron chi connectivity index (χ2n) is 8.94. The zero-order valence-corrected chi connectivity index (χ0v) is 21.1. The van der Waals surface area contributed by atoms with Crippen LogP contribution in [0.1, 0.15) is 62.8 Å². The molecule has 0 spiro atoms. The van der Waals surface area contributed by atoms with Gasteiger partial charge in [-0.15, -0.1) is 0 Å². The van der Waals surface area contributed by atoms with Crippen molar-refractivity contribution in [3.8, 4) is 0 Å². The van der Waals surface area contributed by atoms with Gasteiger partial charge in [-0.3, -0.25) is 9.69 Å². The largest absolute Gasteiger partial charge is 0.348 e. The van der Waals surface area contributed by atoms with Gasteiger partial charge >= 0.3 is 0 Å². The summed E-state index contributed by atoms with van der Waals surface area (Å²) < 4.78 is 27.6. The van der Waals surface area contributed by atoms with Crippen molar-refractivity contribution >= 4 is 15.9 Å². The van der Waals surface area contributed by atoms with Gasteiger partial charge in [-0.05, 0) is 54.5 Å². The molecule has 0 bridgehead atoms. The zero-order chi connectivity index (χ0) is 24.0. The SMILES string of the molecule is CCc1ccc(C(C)NC(=O)CN2CCN(S(=O)(=O)c3ccc(C(C)CC)cc3)CC2)cc1. The molecule has 2 atom stereocenters. The molecule has 7 heteroatoms. The number of hydrogen-bond donors (Lipinski definition) is 1. The minimum Gasteiger partial charge on any atom is -0.348 e. The second kappa shape index (κ2) is 11.3. The summed E-state index contributed by atoms with van der Waals surface area (Å²) in [6, 6.07) is 15.5. The third kappa shape index (κ3) is 6.43. The second-order valence-corrected chi connectivity index (χ2v) is 10.9. The van der Waals surface area contributed by atoms with Crippen LogP contribution in [-0.4, -0.2) is 56.3 Å². The van der Waals surface area contributed by atoms with Crippen LogP contribution in [-0.2, 0) is 21.2 Å². The van der Waals surface area contributed by atoms with Gasteiger partial charge in [0.1, 0.15) is 0 Å². The number of benzene rings is 2. The lowest BCUT2D eigenvalue weighted by Crippen LogP contribution is -2.51. The van der Waals surface area contributed by atoms with Crippen LogP contribution >= 0.6 is 0 Å². The van der Waals surface area contributed by atoms with Gasteiger partial charge in [-0.2, -0.15) is 4.31 Å². The van der Waals surface area contributed by atoms with E-state index >= 15 is 0 Å². The van der Waals surface area contributed by atoms with E-state index < -0.39 is 10.0 Å². The van der Waals surface area contributed by atoms with Gasteiger partial charge in [0.2, 0.25) is 15.9 Å². The minimum atomic E-state index is -3.52. The topological polar surface area (TPSA) is 69.7 Å². The first-order valence-corrected chi connectivity index (χ1v) is 13.4. The Morgan fingerprint density at radius 1 is 0.909 bits per heavy atom. The third-order valence-corrected chi connectivity index (χ3v) is 8.58. The van der Waals surface area contributed by atoms with E-state index in [2.05, 4.69) is 50.4 Å². The highest BCUT2D eigenvalue weighted by Gasteiger charge is 2.29. The van der Waals surface area contributed by atoms with Crippen molar-refractivity contribution in [1.82, 2.24) is 14.5 Å². The lowest BCUT2D eigenvalue weighted by molar-refractivity contribution is -0.123. The van der Waals surface area contributed by atoms with Crippen molar-refractivity contribution < 1.29 is 13.2 Å². The number of hydrogen-bond acceptors (Lipinski definition) is 4. The van der Waals surface area contributed by atoms with Gasteiger partial charge in [0.15, 0.2) is 0 Å². The Labute approximate surface area is 199 Å². The Hall–Kier alpha value is -2.22. The summed E-state index contributed by atoms with van der Waals surface area (Å²) in [5.41, 5.74) is 3.51. The standard InChI is InChI=1S/C26H37N3O3S/c1-5-20(3)23-11-13-25(14-12-23)33(31,32)29-17-15-28(16-18-29)19-26(30)27-21(4)24-9-7-22(6-2)8-10-24/h7-14,20-21H,5-6,15-19H2,1-4H3,(H,27,30). The van der Waals surface area contributed by atoms with E-state index in [1.54, 1.807) is 12.1 Å². The van der Waals surface area contributed by atoms with Crippen LogP contribution < -0.4 is 5.32 Å². The van der Waals surface area contributed by atoms with Crippen LogP contribution in [0.2, 0.25) is 0 Å². The number of carbonyl (C=O) groups is 1. The lowest BCUT2D eigenvalue weighted by atomic mass is 9.99. The summed E-state index contributed by atoms with van der Waals surface area (Å²) in [5.74, 6) is 0.369. The summed E-state index contributed by atoms with van der Waals surface area (Å²) in [6.07, 6.45) is 2.01. The zero-order valence-electron chi connectivity index (χ0n) is 20.3. The number of aryl methyl sites for hydroxylation is 1. The van der Waals surface area contributed by atoms with E-state index in [0.29, 0.717) is 37.0 Å². The van der Waals surface area contributed by atoms with Crippen LogP contribution in [0, 0.1) is 0 Å². The highest BCUT2D eigenvalue weighted by molar-refractivity contribution is 7.89. The molecule has 0 saturated carbocycles. The average Bonchev–Trinajstić information content (AvgIpc) is 2.83. The molecule has 1 heterocycles. The van der Waals surface area contributed by atoms with Crippen LogP contribution in [0.4, 0.5) is 0 Å². The summed E-state index contributed by atoms with van der Waals surface area (Å²) in [5, 5.41) is 3.05. The van der Waals surface area contributed by atoms with E-state index in [4.69, 9.17) is 0 Å². The first kappa shape index (κ1) is 25.4. The maximum atomic E-state index is 13.0. The lowest BCUT2D eigenvalue weighted by Gasteiger charge is -2.33. The van der Waals surface area contributed by atoms with Crippen molar-refractivity contribution in [3.05, 3.63) is 65.2 Å². The highest BCUT2D eigenvalue weighted by atomic mass is 32.2. The smallest absolute Gasteiger partial charge is 0.243 e. The molecule has 1 N–H and O–H groups in total. The van der Waals surface area contributed by atoms with E-state index in [-0.39, 0.29) is 18.5 Å². The van der Waals surface area contributed by atoms with E-state index in [1.165, 1.54) is 9.87 Å². The maximum Gasteiger partial charge on any atom is 0.243 e. The normalized spacial score (nSPS) is 17.5. The van der Waals surface area contributed by atoms with Crippen molar-refractivity contribution in [3.63, 3.8) is 0 Å². The number of amides is 1. The number of carbonyl (C=O) groups excluding carboxylic acids is 1. The molecular weight excluding hydrogens is 434 g/mol. The molecule has 0 aliphatic carbocycles. The van der Waals surface area contributed by atoms with Gasteiger partial charge in [0, 0.05) is 26.2 Å². The van der Waals surface area contributed by atoms with Gasteiger partial charge < -0.3 is 5.32 Å². The van der Waals surface area contributed by atoms with Gasteiger partial charge in [0.05, 0.1) is 17.5 Å². The average molecular weight is 472 g/mol. The molecule has 3 rings (SSSR count). The van der Waals surface area contributed by atoms with Crippen molar-refractivity contribution in [2.75, 3.05) is 32.7 Å². The fourth-order valence-electron chi connectivity index (χ4n) is 4.10. The molecule has 2 aromatic rings. The number of nitrogens with one attached hydrogen (secondary N) is 1. The number of sulfonamides is 1. The first-order valence-electron chi connectivity index (χ1n) is 11.9. The van der Waals surface area contributed by atoms with Gasteiger partial charge in [-0.1, -0.05) is 57.2 Å². The molecule has 1 amide bonds. The summed E-state index contributed by atoms with van der Waals surface area (Å²) in [6.45, 7) is 10.5. The number of piperazine rings is 1. The third-order valence-electron chi connectivity index (χ3n) is 6.66. The molecule has 1 aliphatic heterocycles. The molecule has 0 aromatic heterocycles. The van der Waals surface area contributed by atoms with Gasteiger partial charge in [0.25, 0.3) is 0 Å². The van der Waals surface area contributed by atoms with Crippen molar-refractivity contribution in [1.29, 1.82) is 0 Å². The molecule has 1 saturated heterocycles. The van der Waals surface area contributed by atoms with E-state index in [9.17, 15) is 13.2 Å². The molecule has 2 unspecified atom stereocenters. The van der Waals surface area contributed by atoms with Crippen molar-refractivity contribution in [2.24, 2.45) is 0 Å². The molecule has 1 fully saturated rings. The number of nitrogens with zero attached hydrogens (tertiary/aromatic N) is 2. The summed E-state index contributed by atoms with van der Waals surface area (Å²) in [7, 11) is -3.52. The van der Waals surface area contributed by atoms with Crippen molar-refractivity contribution in [2.45, 2.75) is 57.4 Å². The van der Waals surface area contributed by atoms with Crippen LogP contribution in [0.5, 0.6) is 0 Å². The fourth-order valence-corrected chi connectivity index (χ4v) is 5.52. The molecule has 180 valence electrons. The van der Waals surface area contributed by atoms with E-state index in [1.807, 2.05) is 24.0 Å². The Balaban J connectivity index is 1.50. The Morgan fingerprint density at radius 2 is 1.48 bits per heavy atom. The fraction of sp³-hybridized carbons (Fsp3) is 0.500. The molecule has 1 aliphatic rings. The number of rotatable bonds is 9. The highest BCUT2D eigenvalue weighted by Crippen LogP contribution is 2.23. The molecule has 33 heavy (non-hydrogen) atoms. The molecule has 2 aromatic carbocycles. The molecular formula is C26H37N3O3S. The molecule has 0 radical (unpaired) electrons. The van der Waals surface area contributed by atoms with Gasteiger partial charge in [-0.25, -0.2) is 8.42 Å². The summed E-state index contributed by atoms with van der Waals surface area (Å²) in [4.78, 5) is 14.9. The minimum absolute atomic E-state index is 0.0426. The molecule has 6 nitrogen and oxygen atoms in total. The first-order chi connectivity index (χ1) is 15.7. The Morgan fingerprint density at radius 3 is 2.03 bits per heavy atom. The Bertz CT molecular complexity index is 1010. The van der Waals surface area contributed by atoms with Crippen LogP contribution in [0.15, 0.2) is 53.4 Å². The summed E-state index contributed by atoms with van der Waals surface area (Å²) >= 11 is 0. The quantitative estimate of drug-likeness (QED) is 0.601. The monoisotopic (exact) mass is 471 g/mol.